The molecule has 0 aliphatic carbocycles. The lowest BCUT2D eigenvalue weighted by atomic mass is 9.94. The quantitative estimate of drug-likeness (QED) is 0.865. The second-order valence-electron chi connectivity index (χ2n) is 5.57. The molecule has 0 unspecified atom stereocenters. The summed E-state index contributed by atoms with van der Waals surface area (Å²) in [5.74, 6) is 0.726. The fourth-order valence-corrected chi connectivity index (χ4v) is 3.94. The highest BCUT2D eigenvalue weighted by Crippen LogP contribution is 2.29. The van der Waals surface area contributed by atoms with E-state index < -0.39 is 10.0 Å². The molecule has 1 aromatic rings. The van der Waals surface area contributed by atoms with E-state index in [4.69, 9.17) is 0 Å². The van der Waals surface area contributed by atoms with E-state index >= 15 is 0 Å². The van der Waals surface area contributed by atoms with Crippen LogP contribution in [0, 0.1) is 5.92 Å². The van der Waals surface area contributed by atoms with E-state index in [1.165, 1.54) is 19.9 Å². The number of nitrogens with one attached hydrogen (secondary N) is 2. The van der Waals surface area contributed by atoms with Gasteiger partial charge in [-0.05, 0) is 56.6 Å². The van der Waals surface area contributed by atoms with E-state index in [0.29, 0.717) is 10.9 Å². The number of nitrogens with zero attached hydrogens (tertiary/aromatic N) is 1. The Hall–Kier alpha value is -1.11. The second-order valence-corrected chi connectivity index (χ2v) is 7.46. The maximum atomic E-state index is 11.7. The van der Waals surface area contributed by atoms with Crippen LogP contribution in [0.3, 0.4) is 0 Å². The lowest BCUT2D eigenvalue weighted by Gasteiger charge is -2.24. The van der Waals surface area contributed by atoms with Crippen LogP contribution in [0.5, 0.6) is 0 Å². The number of benzene rings is 1. The molecule has 6 heteroatoms. The fraction of sp³-hybridized carbons (Fsp3) is 0.571. The molecule has 2 aliphatic heterocycles. The molecule has 2 fully saturated rings. The Bertz CT molecular complexity index is 557. The zero-order chi connectivity index (χ0) is 14.2. The Morgan fingerprint density at radius 3 is 2.65 bits per heavy atom. The van der Waals surface area contributed by atoms with Gasteiger partial charge < -0.3 is 10.2 Å². The van der Waals surface area contributed by atoms with Gasteiger partial charge in [-0.1, -0.05) is 0 Å². The topological polar surface area (TPSA) is 61.4 Å². The Morgan fingerprint density at radius 1 is 1.25 bits per heavy atom. The van der Waals surface area contributed by atoms with Gasteiger partial charge in [-0.2, -0.15) is 0 Å². The minimum Gasteiger partial charge on any atom is -0.370 e. The molecule has 1 aromatic carbocycles. The molecule has 2 aliphatic rings. The van der Waals surface area contributed by atoms with Crippen LogP contribution in [0.1, 0.15) is 12.8 Å². The molecule has 0 aromatic heterocycles. The molecule has 110 valence electrons. The molecular formula is C14H21N3O2S. The summed E-state index contributed by atoms with van der Waals surface area (Å²) in [4.78, 5) is 2.67. The molecule has 5 nitrogen and oxygen atoms in total. The van der Waals surface area contributed by atoms with Crippen LogP contribution in [-0.4, -0.2) is 41.1 Å². The largest absolute Gasteiger partial charge is 0.370 e. The first kappa shape index (κ1) is 13.9. The average Bonchev–Trinajstić information content (AvgIpc) is 2.91. The zero-order valence-electron chi connectivity index (χ0n) is 11.7. The van der Waals surface area contributed by atoms with E-state index in [-0.39, 0.29) is 0 Å². The molecule has 0 saturated carbocycles. The average molecular weight is 295 g/mol. The lowest BCUT2D eigenvalue weighted by molar-refractivity contribution is 0.340. The summed E-state index contributed by atoms with van der Waals surface area (Å²) in [6.07, 6.45) is 2.55. The van der Waals surface area contributed by atoms with Crippen molar-refractivity contribution in [2.75, 3.05) is 31.6 Å². The van der Waals surface area contributed by atoms with Crippen molar-refractivity contribution in [1.29, 1.82) is 0 Å². The smallest absolute Gasteiger partial charge is 0.240 e. The first-order chi connectivity index (χ1) is 9.60. The molecular weight excluding hydrogens is 274 g/mol. The van der Waals surface area contributed by atoms with Gasteiger partial charge in [-0.25, -0.2) is 13.1 Å². The second kappa shape index (κ2) is 5.35. The summed E-state index contributed by atoms with van der Waals surface area (Å²) in [7, 11) is -1.91. The van der Waals surface area contributed by atoms with Gasteiger partial charge >= 0.3 is 0 Å². The van der Waals surface area contributed by atoms with Gasteiger partial charge in [0.2, 0.25) is 10.0 Å². The van der Waals surface area contributed by atoms with Crippen molar-refractivity contribution in [1.82, 2.24) is 10.0 Å². The monoisotopic (exact) mass is 295 g/mol. The highest BCUT2D eigenvalue weighted by atomic mass is 32.2. The van der Waals surface area contributed by atoms with Gasteiger partial charge in [0.1, 0.15) is 0 Å². The highest BCUT2D eigenvalue weighted by molar-refractivity contribution is 7.89. The van der Waals surface area contributed by atoms with Crippen LogP contribution in [0.4, 0.5) is 5.69 Å². The Kier molecular flexibility index (Phi) is 3.70. The summed E-state index contributed by atoms with van der Waals surface area (Å²) >= 11 is 0. The summed E-state index contributed by atoms with van der Waals surface area (Å²) in [5, 5.41) is 3.58. The van der Waals surface area contributed by atoms with Gasteiger partial charge in [0, 0.05) is 24.8 Å². The van der Waals surface area contributed by atoms with Crippen molar-refractivity contribution < 1.29 is 8.42 Å². The van der Waals surface area contributed by atoms with E-state index in [0.717, 1.165) is 31.2 Å². The third-order valence-electron chi connectivity index (χ3n) is 4.38. The van der Waals surface area contributed by atoms with Gasteiger partial charge in [-0.3, -0.25) is 0 Å². The van der Waals surface area contributed by atoms with Crippen molar-refractivity contribution in [2.24, 2.45) is 5.92 Å². The maximum Gasteiger partial charge on any atom is 0.240 e. The summed E-state index contributed by atoms with van der Waals surface area (Å²) in [6, 6.07) is 7.75. The fourth-order valence-electron chi connectivity index (χ4n) is 3.21. The first-order valence-electron chi connectivity index (χ1n) is 7.12. The maximum absolute atomic E-state index is 11.7. The minimum atomic E-state index is -3.34. The lowest BCUT2D eigenvalue weighted by Crippen LogP contribution is -2.40. The van der Waals surface area contributed by atoms with Crippen LogP contribution >= 0.6 is 0 Å². The molecule has 2 atom stereocenters. The minimum absolute atomic E-state index is 0.318. The van der Waals surface area contributed by atoms with E-state index in [1.54, 1.807) is 12.1 Å². The van der Waals surface area contributed by atoms with Gasteiger partial charge in [0.15, 0.2) is 0 Å². The van der Waals surface area contributed by atoms with Crippen molar-refractivity contribution in [3.8, 4) is 0 Å². The predicted molar refractivity (Wildman–Crippen MR) is 79.4 cm³/mol. The molecule has 3 rings (SSSR count). The Labute approximate surface area is 120 Å². The molecule has 2 heterocycles. The summed E-state index contributed by atoms with van der Waals surface area (Å²) in [5.41, 5.74) is 1.11. The molecule has 20 heavy (non-hydrogen) atoms. The first-order valence-corrected chi connectivity index (χ1v) is 8.60. The Balaban J connectivity index is 1.76. The molecule has 0 radical (unpaired) electrons. The number of anilines is 1. The highest BCUT2D eigenvalue weighted by Gasteiger charge is 2.34. The third kappa shape index (κ3) is 2.55. The van der Waals surface area contributed by atoms with E-state index in [2.05, 4.69) is 14.9 Å². The molecule has 0 amide bonds. The van der Waals surface area contributed by atoms with Crippen LogP contribution < -0.4 is 14.9 Å². The number of hydrogen-bond donors (Lipinski definition) is 2. The number of sulfonamides is 1. The van der Waals surface area contributed by atoms with Crippen LogP contribution in [0.15, 0.2) is 29.2 Å². The number of hydrogen-bond acceptors (Lipinski definition) is 4. The van der Waals surface area contributed by atoms with Crippen molar-refractivity contribution >= 4 is 15.7 Å². The van der Waals surface area contributed by atoms with Crippen LogP contribution in [-0.2, 0) is 10.0 Å². The van der Waals surface area contributed by atoms with Crippen LogP contribution in [0.25, 0.3) is 0 Å². The van der Waals surface area contributed by atoms with E-state index in [1.807, 2.05) is 12.1 Å². The SMILES string of the molecule is CNS(=O)(=O)c1ccc(N2C[C@@H]3CCCN[C@@H]3C2)cc1. The number of fused-ring (bicyclic) bond motifs is 1. The Morgan fingerprint density at radius 2 is 2.00 bits per heavy atom. The predicted octanol–water partition coefficient (Wildman–Crippen LogP) is 0.783. The van der Waals surface area contributed by atoms with E-state index in [9.17, 15) is 8.42 Å². The summed E-state index contributed by atoms with van der Waals surface area (Å²) in [6.45, 7) is 3.20. The molecule has 0 spiro atoms. The van der Waals surface area contributed by atoms with Crippen molar-refractivity contribution in [2.45, 2.75) is 23.8 Å². The molecule has 2 saturated heterocycles. The number of rotatable bonds is 3. The van der Waals surface area contributed by atoms with Crippen LogP contribution in [0.2, 0.25) is 0 Å². The third-order valence-corrected chi connectivity index (χ3v) is 5.81. The van der Waals surface area contributed by atoms with Crippen molar-refractivity contribution in [3.63, 3.8) is 0 Å². The number of piperidine rings is 1. The van der Waals surface area contributed by atoms with Gasteiger partial charge in [0.05, 0.1) is 4.90 Å². The summed E-state index contributed by atoms with van der Waals surface area (Å²) < 4.78 is 25.7. The standard InChI is InChI=1S/C14H21N3O2S/c1-15-20(18,19)13-6-4-12(5-7-13)17-9-11-3-2-8-16-14(11)10-17/h4-7,11,14-16H,2-3,8-10H2,1H3/t11-,14+/m0/s1. The molecule has 2 N–H and O–H groups in total. The van der Waals surface area contributed by atoms with Gasteiger partial charge in [0.25, 0.3) is 0 Å². The molecule has 0 bridgehead atoms. The zero-order valence-corrected chi connectivity index (χ0v) is 12.5. The normalized spacial score (nSPS) is 26.6. The van der Waals surface area contributed by atoms with Crippen molar-refractivity contribution in [3.05, 3.63) is 24.3 Å². The van der Waals surface area contributed by atoms with Gasteiger partial charge in [-0.15, -0.1) is 0 Å².